The largest absolute Gasteiger partial charge is 0.378 e. The van der Waals surface area contributed by atoms with Crippen molar-refractivity contribution in [3.8, 4) is 0 Å². The van der Waals surface area contributed by atoms with Crippen molar-refractivity contribution in [1.29, 1.82) is 0 Å². The number of nitrogens with one attached hydrogen (secondary N) is 2. The maximum Gasteiger partial charge on any atom is 0.243 e. The van der Waals surface area contributed by atoms with E-state index in [1.54, 1.807) is 19.0 Å². The fourth-order valence-corrected chi connectivity index (χ4v) is 3.09. The van der Waals surface area contributed by atoms with Crippen molar-refractivity contribution in [2.45, 2.75) is 59.0 Å². The Morgan fingerprint density at radius 1 is 1.23 bits per heavy atom. The summed E-state index contributed by atoms with van der Waals surface area (Å²) in [5.74, 6) is 1.93. The third-order valence-electron chi connectivity index (χ3n) is 4.58. The Labute approximate surface area is 176 Å². The molecule has 0 aromatic rings. The first-order chi connectivity index (χ1) is 11.9. The Bertz CT molecular complexity index is 410. The molecule has 2 N–H and O–H groups in total. The molecule has 0 spiro atoms. The number of hydrogen-bond donors (Lipinski definition) is 2. The number of amides is 1. The highest BCUT2D eigenvalue weighted by molar-refractivity contribution is 14.0. The van der Waals surface area contributed by atoms with E-state index in [0.29, 0.717) is 23.9 Å². The Kier molecular flexibility index (Phi) is 14.2. The molecule has 0 aliphatic heterocycles. The van der Waals surface area contributed by atoms with Crippen molar-refractivity contribution in [1.82, 2.24) is 15.5 Å². The number of carbonyl (C=O) groups excluding carboxylic acids is 1. The molecule has 1 rings (SSSR count). The van der Waals surface area contributed by atoms with Crippen molar-refractivity contribution >= 4 is 35.8 Å². The van der Waals surface area contributed by atoms with Gasteiger partial charge in [-0.05, 0) is 38.0 Å². The summed E-state index contributed by atoms with van der Waals surface area (Å²) in [5, 5.41) is 6.69. The number of guanidine groups is 1. The average molecular weight is 482 g/mol. The normalized spacial score (nSPS) is 16.3. The molecule has 26 heavy (non-hydrogen) atoms. The maximum absolute atomic E-state index is 11.8. The lowest BCUT2D eigenvalue weighted by Crippen LogP contribution is -2.41. The lowest BCUT2D eigenvalue weighted by molar-refractivity contribution is -0.127. The molecule has 7 heteroatoms. The maximum atomic E-state index is 11.8. The van der Waals surface area contributed by atoms with Gasteiger partial charge in [-0.2, -0.15) is 0 Å². The van der Waals surface area contributed by atoms with Crippen LogP contribution in [0.25, 0.3) is 0 Å². The Balaban J connectivity index is 0.00000625. The predicted molar refractivity (Wildman–Crippen MR) is 119 cm³/mol. The Morgan fingerprint density at radius 2 is 1.88 bits per heavy atom. The fourth-order valence-electron chi connectivity index (χ4n) is 3.09. The van der Waals surface area contributed by atoms with Crippen molar-refractivity contribution < 1.29 is 9.53 Å². The summed E-state index contributed by atoms with van der Waals surface area (Å²) in [4.78, 5) is 17.8. The standard InChI is InChI=1S/C19H38N4O2.HI/c1-6-25-17(16-9-7-8-10-16)11-12-20-19(21-13-15(2)3)22-14-18(24)23(4)5;/h15-17H,6-14H2,1-5H3,(H2,20,21,22);1H. The Morgan fingerprint density at radius 3 is 2.42 bits per heavy atom. The van der Waals surface area contributed by atoms with Gasteiger partial charge in [0.2, 0.25) is 5.91 Å². The Hall–Kier alpha value is -0.570. The minimum Gasteiger partial charge on any atom is -0.378 e. The van der Waals surface area contributed by atoms with Crippen molar-refractivity contribution in [3.63, 3.8) is 0 Å². The van der Waals surface area contributed by atoms with Crippen LogP contribution in [0.5, 0.6) is 0 Å². The molecule has 1 saturated carbocycles. The summed E-state index contributed by atoms with van der Waals surface area (Å²) >= 11 is 0. The number of carbonyl (C=O) groups is 1. The van der Waals surface area contributed by atoms with Crippen LogP contribution in [0.3, 0.4) is 0 Å². The van der Waals surface area contributed by atoms with Gasteiger partial charge in [0.15, 0.2) is 5.96 Å². The molecule has 0 saturated heterocycles. The summed E-state index contributed by atoms with van der Waals surface area (Å²) in [5.41, 5.74) is 0. The van der Waals surface area contributed by atoms with Gasteiger partial charge in [0.1, 0.15) is 6.54 Å². The number of ether oxygens (including phenoxy) is 1. The summed E-state index contributed by atoms with van der Waals surface area (Å²) in [7, 11) is 3.50. The number of hydrogen-bond acceptors (Lipinski definition) is 3. The molecule has 6 nitrogen and oxygen atoms in total. The molecule has 1 amide bonds. The zero-order valence-electron chi connectivity index (χ0n) is 17.2. The summed E-state index contributed by atoms with van der Waals surface area (Å²) < 4.78 is 5.97. The van der Waals surface area contributed by atoms with E-state index < -0.39 is 0 Å². The van der Waals surface area contributed by atoms with Gasteiger partial charge in [-0.25, -0.2) is 4.99 Å². The molecule has 154 valence electrons. The average Bonchev–Trinajstić information content (AvgIpc) is 3.09. The first kappa shape index (κ1) is 25.4. The summed E-state index contributed by atoms with van der Waals surface area (Å²) in [6.45, 7) is 8.95. The van der Waals surface area contributed by atoms with E-state index in [1.807, 2.05) is 0 Å². The van der Waals surface area contributed by atoms with Crippen LogP contribution in [0.1, 0.15) is 52.9 Å². The van der Waals surface area contributed by atoms with Gasteiger partial charge in [0.25, 0.3) is 0 Å². The van der Waals surface area contributed by atoms with Crippen molar-refractivity contribution in [3.05, 3.63) is 0 Å². The number of likely N-dealkylation sites (N-methyl/N-ethyl adjacent to an activating group) is 1. The molecule has 0 bridgehead atoms. The summed E-state index contributed by atoms with van der Waals surface area (Å²) in [6.07, 6.45) is 6.54. The lowest BCUT2D eigenvalue weighted by atomic mass is 9.98. The second kappa shape index (κ2) is 14.5. The zero-order chi connectivity index (χ0) is 18.7. The van der Waals surface area contributed by atoms with Gasteiger partial charge < -0.3 is 20.3 Å². The third kappa shape index (κ3) is 10.5. The highest BCUT2D eigenvalue weighted by Crippen LogP contribution is 2.30. The molecule has 1 unspecified atom stereocenters. The highest BCUT2D eigenvalue weighted by Gasteiger charge is 2.25. The van der Waals surface area contributed by atoms with Crippen LogP contribution in [0.15, 0.2) is 4.99 Å². The summed E-state index contributed by atoms with van der Waals surface area (Å²) in [6, 6.07) is 0. The molecule has 1 atom stereocenters. The van der Waals surface area contributed by atoms with Gasteiger partial charge in [0.05, 0.1) is 6.10 Å². The molecule has 1 aliphatic rings. The van der Waals surface area contributed by atoms with Gasteiger partial charge in [0, 0.05) is 33.8 Å². The molecule has 0 aromatic heterocycles. The van der Waals surface area contributed by atoms with Crippen LogP contribution in [0.2, 0.25) is 0 Å². The van der Waals surface area contributed by atoms with Crippen molar-refractivity contribution in [2.75, 3.05) is 40.3 Å². The van der Waals surface area contributed by atoms with Gasteiger partial charge in [-0.15, -0.1) is 24.0 Å². The zero-order valence-corrected chi connectivity index (χ0v) is 19.5. The number of nitrogens with zero attached hydrogens (tertiary/aromatic N) is 2. The topological polar surface area (TPSA) is 66.0 Å². The van der Waals surface area contributed by atoms with E-state index in [4.69, 9.17) is 4.74 Å². The number of rotatable bonds is 10. The fraction of sp³-hybridized carbons (Fsp3) is 0.895. The monoisotopic (exact) mass is 482 g/mol. The highest BCUT2D eigenvalue weighted by atomic mass is 127. The van der Waals surface area contributed by atoms with E-state index in [-0.39, 0.29) is 36.4 Å². The van der Waals surface area contributed by atoms with Crippen LogP contribution >= 0.6 is 24.0 Å². The molecule has 0 aromatic carbocycles. The SMILES string of the molecule is CCOC(CCNC(=NCC(=O)N(C)C)NCC(C)C)C1CCCC1.I. The minimum absolute atomic E-state index is 0. The third-order valence-corrected chi connectivity index (χ3v) is 4.58. The van der Waals surface area contributed by atoms with E-state index >= 15 is 0 Å². The molecule has 0 radical (unpaired) electrons. The van der Waals surface area contributed by atoms with Crippen LogP contribution in [-0.4, -0.2) is 63.2 Å². The van der Waals surface area contributed by atoms with Crippen LogP contribution < -0.4 is 10.6 Å². The van der Waals surface area contributed by atoms with Gasteiger partial charge in [-0.3, -0.25) is 4.79 Å². The van der Waals surface area contributed by atoms with Crippen molar-refractivity contribution in [2.24, 2.45) is 16.8 Å². The first-order valence-corrected chi connectivity index (χ1v) is 9.78. The van der Waals surface area contributed by atoms with E-state index in [1.165, 1.54) is 25.7 Å². The quantitative estimate of drug-likeness (QED) is 0.286. The molecular weight excluding hydrogens is 443 g/mol. The second-order valence-corrected chi connectivity index (χ2v) is 7.48. The first-order valence-electron chi connectivity index (χ1n) is 9.78. The van der Waals surface area contributed by atoms with E-state index in [9.17, 15) is 4.79 Å². The van der Waals surface area contributed by atoms with E-state index in [0.717, 1.165) is 26.1 Å². The molecule has 1 aliphatic carbocycles. The molecular formula is C19H39IN4O2. The van der Waals surface area contributed by atoms with Gasteiger partial charge >= 0.3 is 0 Å². The molecule has 0 heterocycles. The lowest BCUT2D eigenvalue weighted by Gasteiger charge is -2.24. The minimum atomic E-state index is 0. The van der Waals surface area contributed by atoms with Gasteiger partial charge in [-0.1, -0.05) is 26.7 Å². The molecule has 1 fully saturated rings. The van der Waals surface area contributed by atoms with Crippen LogP contribution in [-0.2, 0) is 9.53 Å². The smallest absolute Gasteiger partial charge is 0.243 e. The van der Waals surface area contributed by atoms with E-state index in [2.05, 4.69) is 36.4 Å². The second-order valence-electron chi connectivity index (χ2n) is 7.48. The predicted octanol–water partition coefficient (Wildman–Crippen LogP) is 2.87. The van der Waals surface area contributed by atoms with Crippen LogP contribution in [0.4, 0.5) is 0 Å². The number of halogens is 1. The van der Waals surface area contributed by atoms with Crippen LogP contribution in [0, 0.1) is 11.8 Å². The number of aliphatic imine (C=N–C) groups is 1.